The van der Waals surface area contributed by atoms with Crippen molar-refractivity contribution >= 4 is 43.3 Å². The van der Waals surface area contributed by atoms with E-state index in [0.717, 1.165) is 11.6 Å². The summed E-state index contributed by atoms with van der Waals surface area (Å²) in [5.74, 6) is -1.10. The summed E-state index contributed by atoms with van der Waals surface area (Å²) >= 11 is 0. The van der Waals surface area contributed by atoms with Crippen LogP contribution in [0.2, 0.25) is 0 Å². The summed E-state index contributed by atoms with van der Waals surface area (Å²) in [6.45, 7) is 0. The van der Waals surface area contributed by atoms with Gasteiger partial charge in [0, 0.05) is 16.5 Å². The molecule has 0 saturated heterocycles. The van der Waals surface area contributed by atoms with Crippen LogP contribution in [0.1, 0.15) is 10.5 Å². The van der Waals surface area contributed by atoms with E-state index in [0.29, 0.717) is 27.7 Å². The van der Waals surface area contributed by atoms with Gasteiger partial charge in [-0.1, -0.05) is 12.1 Å². The summed E-state index contributed by atoms with van der Waals surface area (Å²) in [6, 6.07) is 14.2. The Hall–Kier alpha value is -3.46. The lowest BCUT2D eigenvalue weighted by Crippen LogP contribution is -2.12. The molecule has 0 unspecified atom stereocenters. The number of nitrogens with zero attached hydrogens (tertiary/aromatic N) is 2. The lowest BCUT2D eigenvalue weighted by Gasteiger charge is -2.09. The second-order valence-corrected chi connectivity index (χ2v) is 8.12. The molecular formula is C19H15FN4O3S. The first-order chi connectivity index (χ1) is 13.2. The number of halogens is 1. The monoisotopic (exact) mass is 398 g/mol. The number of rotatable bonds is 4. The van der Waals surface area contributed by atoms with Gasteiger partial charge in [-0.05, 0) is 47.9 Å². The highest BCUT2D eigenvalue weighted by atomic mass is 32.2. The minimum absolute atomic E-state index is 0.0719. The highest BCUT2D eigenvalue weighted by Gasteiger charge is 2.18. The highest BCUT2D eigenvalue weighted by molar-refractivity contribution is 7.92. The van der Waals surface area contributed by atoms with Gasteiger partial charge in [0.15, 0.2) is 5.69 Å². The van der Waals surface area contributed by atoms with Crippen molar-refractivity contribution in [3.05, 3.63) is 66.1 Å². The molecule has 4 rings (SSSR count). The molecule has 0 aliphatic carbocycles. The number of benzene rings is 3. The summed E-state index contributed by atoms with van der Waals surface area (Å²) in [4.78, 5) is 11.9. The third kappa shape index (κ3) is 3.16. The third-order valence-corrected chi connectivity index (χ3v) is 4.87. The molecule has 1 aromatic heterocycles. The number of nitrogens with one attached hydrogen (secondary N) is 1. The van der Waals surface area contributed by atoms with Crippen molar-refractivity contribution in [2.75, 3.05) is 11.0 Å². The van der Waals surface area contributed by atoms with Crippen molar-refractivity contribution in [3.8, 4) is 5.69 Å². The predicted octanol–water partition coefficient (Wildman–Crippen LogP) is 2.79. The zero-order valence-corrected chi connectivity index (χ0v) is 15.5. The lowest BCUT2D eigenvalue weighted by molar-refractivity contribution is 0.0996. The first-order valence-corrected chi connectivity index (χ1v) is 10.1. The molecule has 4 aromatic rings. The van der Waals surface area contributed by atoms with Gasteiger partial charge in [0.2, 0.25) is 10.0 Å². The summed E-state index contributed by atoms with van der Waals surface area (Å²) in [6.07, 6.45) is 1.06. The second-order valence-electron chi connectivity index (χ2n) is 6.37. The van der Waals surface area contributed by atoms with Crippen molar-refractivity contribution < 1.29 is 17.6 Å². The van der Waals surface area contributed by atoms with Crippen molar-refractivity contribution in [1.82, 2.24) is 9.78 Å². The number of fused-ring (bicyclic) bond motifs is 3. The van der Waals surface area contributed by atoms with Crippen LogP contribution in [0.3, 0.4) is 0 Å². The Labute approximate surface area is 159 Å². The molecular weight excluding hydrogens is 383 g/mol. The molecule has 1 heterocycles. The van der Waals surface area contributed by atoms with Crippen molar-refractivity contribution in [1.29, 1.82) is 0 Å². The maximum absolute atomic E-state index is 13.3. The quantitative estimate of drug-likeness (QED) is 0.551. The summed E-state index contributed by atoms with van der Waals surface area (Å²) in [5.41, 5.74) is 7.03. The van der Waals surface area contributed by atoms with Gasteiger partial charge >= 0.3 is 0 Å². The number of anilines is 1. The molecule has 3 aromatic carbocycles. The van der Waals surface area contributed by atoms with Crippen LogP contribution in [-0.4, -0.2) is 30.4 Å². The van der Waals surface area contributed by atoms with E-state index in [4.69, 9.17) is 5.73 Å². The maximum Gasteiger partial charge on any atom is 0.269 e. The van der Waals surface area contributed by atoms with Gasteiger partial charge in [0.05, 0.1) is 17.5 Å². The largest absolute Gasteiger partial charge is 0.364 e. The molecule has 0 aliphatic heterocycles. The molecule has 1 amide bonds. The van der Waals surface area contributed by atoms with Gasteiger partial charge in [-0.25, -0.2) is 17.5 Å². The lowest BCUT2D eigenvalue weighted by atomic mass is 10.0. The average Bonchev–Trinajstić information content (AvgIpc) is 3.01. The number of sulfonamides is 1. The number of carbonyl (C=O) groups is 1. The minimum Gasteiger partial charge on any atom is -0.364 e. The smallest absolute Gasteiger partial charge is 0.269 e. The van der Waals surface area contributed by atoms with Gasteiger partial charge < -0.3 is 5.73 Å². The Morgan fingerprint density at radius 3 is 2.39 bits per heavy atom. The Morgan fingerprint density at radius 2 is 1.75 bits per heavy atom. The number of aromatic nitrogens is 2. The molecule has 0 spiro atoms. The summed E-state index contributed by atoms with van der Waals surface area (Å²) in [5, 5.41) is 6.31. The van der Waals surface area contributed by atoms with Gasteiger partial charge in [0.25, 0.3) is 5.91 Å². The molecule has 0 bridgehead atoms. The van der Waals surface area contributed by atoms with E-state index in [9.17, 15) is 17.6 Å². The zero-order valence-electron chi connectivity index (χ0n) is 14.7. The van der Waals surface area contributed by atoms with Gasteiger partial charge in [0.1, 0.15) is 5.82 Å². The number of hydrogen-bond donors (Lipinski definition) is 2. The number of amides is 1. The standard InChI is InChI=1S/C19H15FN4O3S/c1-28(26,27)23-13-6-2-11-3-9-15-17(19(21)25)22-24(18(15)16(11)10-13)14-7-4-12(20)5-8-14/h2-10,23H,1H3,(H2,21,25). The number of carbonyl (C=O) groups excluding carboxylic acids is 1. The van der Waals surface area contributed by atoms with E-state index >= 15 is 0 Å². The third-order valence-electron chi connectivity index (χ3n) is 4.27. The van der Waals surface area contributed by atoms with Gasteiger partial charge in [-0.3, -0.25) is 9.52 Å². The van der Waals surface area contributed by atoms with E-state index < -0.39 is 21.7 Å². The Morgan fingerprint density at radius 1 is 1.07 bits per heavy atom. The molecule has 3 N–H and O–H groups in total. The summed E-state index contributed by atoms with van der Waals surface area (Å²) < 4.78 is 40.5. The van der Waals surface area contributed by atoms with Crippen LogP contribution >= 0.6 is 0 Å². The second kappa shape index (κ2) is 6.31. The van der Waals surface area contributed by atoms with Crippen LogP contribution in [0.5, 0.6) is 0 Å². The number of nitrogens with two attached hydrogens (primary N) is 1. The first kappa shape index (κ1) is 17.9. The summed E-state index contributed by atoms with van der Waals surface area (Å²) in [7, 11) is -3.46. The molecule has 0 aliphatic rings. The van der Waals surface area contributed by atoms with Crippen LogP contribution in [-0.2, 0) is 10.0 Å². The van der Waals surface area contributed by atoms with Crippen LogP contribution in [0.15, 0.2) is 54.6 Å². The fourth-order valence-corrected chi connectivity index (χ4v) is 3.71. The fraction of sp³-hybridized carbons (Fsp3) is 0.0526. The Bertz CT molecular complexity index is 1350. The predicted molar refractivity (Wildman–Crippen MR) is 106 cm³/mol. The molecule has 0 saturated carbocycles. The minimum atomic E-state index is -3.46. The molecule has 7 nitrogen and oxygen atoms in total. The Kier molecular flexibility index (Phi) is 4.04. The number of hydrogen-bond acceptors (Lipinski definition) is 4. The molecule has 0 fully saturated rings. The molecule has 0 radical (unpaired) electrons. The van der Waals surface area contributed by atoms with Crippen molar-refractivity contribution in [3.63, 3.8) is 0 Å². The van der Waals surface area contributed by atoms with E-state index in [1.165, 1.54) is 28.9 Å². The highest BCUT2D eigenvalue weighted by Crippen LogP contribution is 2.31. The van der Waals surface area contributed by atoms with Crippen LogP contribution in [0.4, 0.5) is 10.1 Å². The maximum atomic E-state index is 13.3. The number of primary amides is 1. The zero-order chi connectivity index (χ0) is 20.1. The average molecular weight is 398 g/mol. The van der Waals surface area contributed by atoms with Crippen molar-refractivity contribution in [2.24, 2.45) is 5.73 Å². The van der Waals surface area contributed by atoms with E-state index in [1.807, 2.05) is 0 Å². The molecule has 9 heteroatoms. The SMILES string of the molecule is CS(=O)(=O)Nc1ccc2ccc3c(C(N)=O)nn(-c4ccc(F)cc4)c3c2c1. The van der Waals surface area contributed by atoms with Crippen LogP contribution in [0.25, 0.3) is 27.4 Å². The van der Waals surface area contributed by atoms with Crippen LogP contribution < -0.4 is 10.5 Å². The van der Waals surface area contributed by atoms with E-state index in [-0.39, 0.29) is 5.69 Å². The van der Waals surface area contributed by atoms with Crippen LogP contribution in [0, 0.1) is 5.82 Å². The topological polar surface area (TPSA) is 107 Å². The van der Waals surface area contributed by atoms with Gasteiger partial charge in [-0.2, -0.15) is 5.10 Å². The molecule has 142 valence electrons. The Balaban J connectivity index is 2.08. The van der Waals surface area contributed by atoms with E-state index in [2.05, 4.69) is 9.82 Å². The normalized spacial score (nSPS) is 11.8. The first-order valence-electron chi connectivity index (χ1n) is 8.22. The van der Waals surface area contributed by atoms with Crippen molar-refractivity contribution in [2.45, 2.75) is 0 Å². The molecule has 28 heavy (non-hydrogen) atoms. The van der Waals surface area contributed by atoms with E-state index in [1.54, 1.807) is 30.3 Å². The molecule has 0 atom stereocenters. The van der Waals surface area contributed by atoms with Gasteiger partial charge in [-0.15, -0.1) is 0 Å². The fourth-order valence-electron chi connectivity index (χ4n) is 3.16.